The van der Waals surface area contributed by atoms with Crippen LogP contribution in [0.5, 0.6) is 11.5 Å². The molecule has 0 fully saturated rings. The van der Waals surface area contributed by atoms with E-state index < -0.39 is 11.8 Å². The van der Waals surface area contributed by atoms with E-state index in [4.69, 9.17) is 4.74 Å². The van der Waals surface area contributed by atoms with Gasteiger partial charge in [0.2, 0.25) is 11.8 Å². The van der Waals surface area contributed by atoms with Crippen molar-refractivity contribution >= 4 is 55.6 Å². The van der Waals surface area contributed by atoms with Gasteiger partial charge in [-0.25, -0.2) is 5.43 Å². The zero-order valence-electron chi connectivity index (χ0n) is 13.6. The summed E-state index contributed by atoms with van der Waals surface area (Å²) in [5.74, 6) is -0.272. The van der Waals surface area contributed by atoms with Crippen molar-refractivity contribution in [2.75, 3.05) is 12.4 Å². The van der Waals surface area contributed by atoms with Crippen molar-refractivity contribution in [2.45, 2.75) is 6.42 Å². The molecule has 136 valence electrons. The maximum absolute atomic E-state index is 11.8. The number of carbonyl (C=O) groups is 2. The third-order valence-electron chi connectivity index (χ3n) is 3.14. The summed E-state index contributed by atoms with van der Waals surface area (Å²) in [7, 11) is 1.55. The molecule has 2 amide bonds. The molecule has 0 aliphatic rings. The second kappa shape index (κ2) is 9.35. The number of aromatic hydroxyl groups is 1. The first-order valence-electron chi connectivity index (χ1n) is 7.33. The molecule has 0 saturated heterocycles. The largest absolute Gasteiger partial charge is 0.506 e. The molecule has 3 N–H and O–H groups in total. The molecule has 9 heteroatoms. The van der Waals surface area contributed by atoms with Crippen LogP contribution in [0.4, 0.5) is 5.69 Å². The second-order valence-corrected chi connectivity index (χ2v) is 6.79. The molecule has 7 nitrogen and oxygen atoms in total. The topological polar surface area (TPSA) is 100 Å². The van der Waals surface area contributed by atoms with Crippen molar-refractivity contribution in [2.24, 2.45) is 5.10 Å². The van der Waals surface area contributed by atoms with E-state index in [1.807, 2.05) is 0 Å². The lowest BCUT2D eigenvalue weighted by atomic mass is 10.2. The van der Waals surface area contributed by atoms with Gasteiger partial charge in [0.1, 0.15) is 17.9 Å². The fraction of sp³-hybridized carbons (Fsp3) is 0.118. The van der Waals surface area contributed by atoms with Gasteiger partial charge >= 0.3 is 0 Å². The Hall–Kier alpha value is -2.39. The first-order valence-corrected chi connectivity index (χ1v) is 8.91. The highest BCUT2D eigenvalue weighted by molar-refractivity contribution is 9.11. The minimum absolute atomic E-state index is 0.0707. The molecule has 26 heavy (non-hydrogen) atoms. The maximum atomic E-state index is 11.8. The molecule has 0 spiro atoms. The first kappa shape index (κ1) is 19.9. The van der Waals surface area contributed by atoms with Crippen molar-refractivity contribution in [1.82, 2.24) is 5.43 Å². The summed E-state index contributed by atoms with van der Waals surface area (Å²) >= 11 is 6.40. The number of ether oxygens (including phenoxy) is 1. The molecule has 0 bridgehead atoms. The SMILES string of the molecule is COc1ccc(NC(=O)CC(=O)N/N=C/c2cc(Br)c(O)c(Br)c2)cc1. The van der Waals surface area contributed by atoms with Crippen molar-refractivity contribution in [3.05, 3.63) is 50.9 Å². The quantitative estimate of drug-likeness (QED) is 0.332. The van der Waals surface area contributed by atoms with E-state index >= 15 is 0 Å². The number of hydrogen-bond donors (Lipinski definition) is 3. The fourth-order valence-electron chi connectivity index (χ4n) is 1.90. The summed E-state index contributed by atoms with van der Waals surface area (Å²) in [6.07, 6.45) is 1.03. The molecule has 0 atom stereocenters. The van der Waals surface area contributed by atoms with Crippen LogP contribution in [0.25, 0.3) is 0 Å². The number of phenolic OH excluding ortho intramolecular Hbond substituents is 1. The van der Waals surface area contributed by atoms with Gasteiger partial charge in [-0.05, 0) is 73.8 Å². The minimum Gasteiger partial charge on any atom is -0.506 e. The van der Waals surface area contributed by atoms with Crippen LogP contribution >= 0.6 is 31.9 Å². The number of carbonyl (C=O) groups excluding carboxylic acids is 2. The lowest BCUT2D eigenvalue weighted by Gasteiger charge is -2.06. The van der Waals surface area contributed by atoms with Gasteiger partial charge in [0.15, 0.2) is 0 Å². The van der Waals surface area contributed by atoms with Crippen LogP contribution in [0.15, 0.2) is 50.4 Å². The van der Waals surface area contributed by atoms with Gasteiger partial charge in [-0.1, -0.05) is 0 Å². The zero-order valence-corrected chi connectivity index (χ0v) is 16.8. The Morgan fingerprint density at radius 1 is 1.15 bits per heavy atom. The number of halogens is 2. The van der Waals surface area contributed by atoms with E-state index in [0.29, 0.717) is 25.9 Å². The van der Waals surface area contributed by atoms with Crippen LogP contribution in [0.3, 0.4) is 0 Å². The highest BCUT2D eigenvalue weighted by atomic mass is 79.9. The lowest BCUT2D eigenvalue weighted by Crippen LogP contribution is -2.24. The Kier molecular flexibility index (Phi) is 7.16. The second-order valence-electron chi connectivity index (χ2n) is 5.08. The Morgan fingerprint density at radius 2 is 1.77 bits per heavy atom. The Labute approximate surface area is 166 Å². The standard InChI is InChI=1S/C17H15Br2N3O4/c1-26-12-4-2-11(3-5-12)21-15(23)8-16(24)22-20-9-10-6-13(18)17(25)14(19)7-10/h2-7,9,25H,8H2,1H3,(H,21,23)(H,22,24)/b20-9+. The summed E-state index contributed by atoms with van der Waals surface area (Å²) in [6.45, 7) is 0. The molecule has 0 aliphatic heterocycles. The predicted molar refractivity (Wildman–Crippen MR) is 105 cm³/mol. The first-order chi connectivity index (χ1) is 12.4. The molecule has 0 aromatic heterocycles. The van der Waals surface area contributed by atoms with Crippen LogP contribution in [0.1, 0.15) is 12.0 Å². The van der Waals surface area contributed by atoms with Gasteiger partial charge in [0, 0.05) is 5.69 Å². The van der Waals surface area contributed by atoms with E-state index in [1.54, 1.807) is 43.5 Å². The molecule has 0 saturated carbocycles. The van der Waals surface area contributed by atoms with E-state index in [-0.39, 0.29) is 12.2 Å². The van der Waals surface area contributed by atoms with Gasteiger partial charge in [0.25, 0.3) is 0 Å². The molecule has 0 heterocycles. The summed E-state index contributed by atoms with van der Waals surface area (Å²) in [5.41, 5.74) is 3.48. The van der Waals surface area contributed by atoms with Crippen LogP contribution in [-0.2, 0) is 9.59 Å². The van der Waals surface area contributed by atoms with Gasteiger partial charge in [-0.3, -0.25) is 9.59 Å². The summed E-state index contributed by atoms with van der Waals surface area (Å²) < 4.78 is 6.00. The monoisotopic (exact) mass is 483 g/mol. The average Bonchev–Trinajstić information content (AvgIpc) is 2.60. The smallest absolute Gasteiger partial charge is 0.249 e. The third kappa shape index (κ3) is 5.85. The van der Waals surface area contributed by atoms with Crippen molar-refractivity contribution in [3.8, 4) is 11.5 Å². The number of nitrogens with one attached hydrogen (secondary N) is 2. The van der Waals surface area contributed by atoms with Crippen LogP contribution < -0.4 is 15.5 Å². The molecular formula is C17H15Br2N3O4. The van der Waals surface area contributed by atoms with E-state index in [0.717, 1.165) is 0 Å². The molecule has 2 rings (SSSR count). The normalized spacial score (nSPS) is 10.6. The number of phenols is 1. The zero-order chi connectivity index (χ0) is 19.1. The van der Waals surface area contributed by atoms with Gasteiger partial charge in [0.05, 0.1) is 22.3 Å². The Morgan fingerprint density at radius 3 is 2.35 bits per heavy atom. The average molecular weight is 485 g/mol. The van der Waals surface area contributed by atoms with Crippen molar-refractivity contribution in [3.63, 3.8) is 0 Å². The molecule has 2 aromatic carbocycles. The van der Waals surface area contributed by atoms with Crippen LogP contribution in [0.2, 0.25) is 0 Å². The van der Waals surface area contributed by atoms with Crippen LogP contribution in [0, 0.1) is 0 Å². The Balaban J connectivity index is 1.84. The maximum Gasteiger partial charge on any atom is 0.249 e. The summed E-state index contributed by atoms with van der Waals surface area (Å²) in [6, 6.07) is 10.0. The number of hydrazone groups is 1. The van der Waals surface area contributed by atoms with Gasteiger partial charge < -0.3 is 15.2 Å². The fourth-order valence-corrected chi connectivity index (χ4v) is 3.13. The number of nitrogens with zero attached hydrogens (tertiary/aromatic N) is 1. The molecular weight excluding hydrogens is 470 g/mol. The van der Waals surface area contributed by atoms with E-state index in [2.05, 4.69) is 47.7 Å². The van der Waals surface area contributed by atoms with Crippen LogP contribution in [-0.4, -0.2) is 30.2 Å². The number of methoxy groups -OCH3 is 1. The number of amides is 2. The van der Waals surface area contributed by atoms with E-state index in [1.165, 1.54) is 6.21 Å². The molecule has 2 aromatic rings. The van der Waals surface area contributed by atoms with E-state index in [9.17, 15) is 14.7 Å². The molecule has 0 unspecified atom stereocenters. The third-order valence-corrected chi connectivity index (χ3v) is 4.35. The highest BCUT2D eigenvalue weighted by Gasteiger charge is 2.09. The highest BCUT2D eigenvalue weighted by Crippen LogP contribution is 2.32. The number of hydrogen-bond acceptors (Lipinski definition) is 5. The minimum atomic E-state index is -0.552. The number of anilines is 1. The summed E-state index contributed by atoms with van der Waals surface area (Å²) in [4.78, 5) is 23.6. The van der Waals surface area contributed by atoms with Crippen molar-refractivity contribution in [1.29, 1.82) is 0 Å². The number of rotatable bonds is 6. The number of benzene rings is 2. The molecule has 0 aliphatic carbocycles. The predicted octanol–water partition coefficient (Wildman–Crippen LogP) is 3.40. The lowest BCUT2D eigenvalue weighted by molar-refractivity contribution is -0.126. The Bertz CT molecular complexity index is 815. The molecule has 0 radical (unpaired) electrons. The summed E-state index contributed by atoms with van der Waals surface area (Å²) in [5, 5.41) is 16.0. The van der Waals surface area contributed by atoms with Gasteiger partial charge in [-0.15, -0.1) is 0 Å². The van der Waals surface area contributed by atoms with Gasteiger partial charge in [-0.2, -0.15) is 5.10 Å². The van der Waals surface area contributed by atoms with Crippen molar-refractivity contribution < 1.29 is 19.4 Å².